The quantitative estimate of drug-likeness (QED) is 0.320. The molecule has 12 heteroatoms. The van der Waals surface area contributed by atoms with E-state index in [1.807, 2.05) is 29.8 Å². The summed E-state index contributed by atoms with van der Waals surface area (Å²) in [6, 6.07) is 8.88. The van der Waals surface area contributed by atoms with Crippen molar-refractivity contribution >= 4 is 45.2 Å². The van der Waals surface area contributed by atoms with Gasteiger partial charge in [-0.15, -0.1) is 0 Å². The molecule has 2 N–H and O–H groups in total. The van der Waals surface area contributed by atoms with Crippen molar-refractivity contribution in [3.8, 4) is 17.3 Å². The Bertz CT molecular complexity index is 2110. The van der Waals surface area contributed by atoms with Crippen molar-refractivity contribution in [3.63, 3.8) is 0 Å². The molecule has 1 unspecified atom stereocenters. The molecular weight excluding hydrogens is 604 g/mol. The minimum absolute atomic E-state index is 0.00172. The number of benzene rings is 1. The number of allylic oxidation sites excluding steroid dienone is 5. The van der Waals surface area contributed by atoms with Crippen LogP contribution in [-0.4, -0.2) is 73.9 Å². The zero-order valence-corrected chi connectivity index (χ0v) is 26.0. The Hall–Kier alpha value is -4.97. The first-order valence-electron chi connectivity index (χ1n) is 15.8. The Labute approximate surface area is 268 Å². The van der Waals surface area contributed by atoms with Crippen LogP contribution < -0.4 is 10.5 Å². The lowest BCUT2D eigenvalue weighted by atomic mass is 9.90. The third-order valence-electron chi connectivity index (χ3n) is 9.41. The molecule has 240 valence electrons. The number of methoxy groups -OCH3 is 1. The van der Waals surface area contributed by atoms with E-state index < -0.39 is 29.9 Å². The van der Waals surface area contributed by atoms with Gasteiger partial charge in [0.1, 0.15) is 28.9 Å². The smallest absolute Gasteiger partial charge is 0.269 e. The van der Waals surface area contributed by atoms with E-state index in [1.54, 1.807) is 25.3 Å². The molecule has 0 bridgehead atoms. The summed E-state index contributed by atoms with van der Waals surface area (Å²) in [6.45, 7) is 1.03. The summed E-state index contributed by atoms with van der Waals surface area (Å²) in [5.74, 6) is -0.0938. The number of fused-ring (bicyclic) bond motifs is 3. The van der Waals surface area contributed by atoms with Gasteiger partial charge in [0.05, 0.1) is 36.3 Å². The normalized spacial score (nSPS) is 22.7. The van der Waals surface area contributed by atoms with Gasteiger partial charge in [0.15, 0.2) is 5.82 Å². The first-order chi connectivity index (χ1) is 22.7. The number of hydrogen-bond acceptors (Lipinski definition) is 6. The molecule has 5 heterocycles. The van der Waals surface area contributed by atoms with Gasteiger partial charge in [-0.25, -0.2) is 23.7 Å². The number of aromatic nitrogens is 4. The highest BCUT2D eigenvalue weighted by molar-refractivity contribution is 6.15. The lowest BCUT2D eigenvalue weighted by Gasteiger charge is -2.33. The summed E-state index contributed by atoms with van der Waals surface area (Å²) >= 11 is 0. The molecule has 0 radical (unpaired) electrons. The number of nitrogens with two attached hydrogens (primary N) is 1. The number of carbonyl (C=O) groups is 2. The summed E-state index contributed by atoms with van der Waals surface area (Å²) in [4.78, 5) is 40.6. The second-order valence-electron chi connectivity index (χ2n) is 12.9. The average molecular weight is 638 g/mol. The Morgan fingerprint density at radius 1 is 1.15 bits per heavy atom. The molecule has 2 amide bonds. The van der Waals surface area contributed by atoms with Crippen molar-refractivity contribution in [1.82, 2.24) is 24.0 Å². The van der Waals surface area contributed by atoms with Crippen molar-refractivity contribution in [2.24, 2.45) is 29.6 Å². The standard InChI is InChI=1S/C35H33F2N7O3/c1-42-32-27(11-22(13-29(32)47-2)35(46)43-16-23(36)14-24(38)17-43)40-34(42)28-12-20-5-7-26(39-33(20)44(28)15-18-3-4-18)21-9-19-6-8-30(45)41-31(19)25(37)10-21/h5-13,18-19,23-24H,3-4,14-17,38H2,1-2H3/t19?,23-,24-/m1/s1. The minimum atomic E-state index is -1.16. The summed E-state index contributed by atoms with van der Waals surface area (Å²) in [7, 11) is 3.46. The van der Waals surface area contributed by atoms with Crippen LogP contribution in [0.2, 0.25) is 0 Å². The Morgan fingerprint density at radius 2 is 1.98 bits per heavy atom. The molecule has 1 aromatic carbocycles. The maximum absolute atomic E-state index is 15.1. The Morgan fingerprint density at radius 3 is 2.74 bits per heavy atom. The highest BCUT2D eigenvalue weighted by Crippen LogP contribution is 2.39. The lowest BCUT2D eigenvalue weighted by molar-refractivity contribution is -0.113. The van der Waals surface area contributed by atoms with E-state index in [0.717, 1.165) is 41.6 Å². The van der Waals surface area contributed by atoms with E-state index >= 15 is 4.39 Å². The van der Waals surface area contributed by atoms with Gasteiger partial charge in [-0.3, -0.25) is 9.59 Å². The number of nitrogens with zero attached hydrogens (tertiary/aromatic N) is 6. The zero-order valence-electron chi connectivity index (χ0n) is 26.0. The number of amides is 2. The van der Waals surface area contributed by atoms with Crippen LogP contribution in [0.15, 0.2) is 65.5 Å². The van der Waals surface area contributed by atoms with Crippen molar-refractivity contribution < 1.29 is 23.1 Å². The number of likely N-dealkylation sites (tertiary alicyclic amines) is 1. The molecule has 4 aliphatic rings. The van der Waals surface area contributed by atoms with Crippen LogP contribution in [0.4, 0.5) is 8.78 Å². The van der Waals surface area contributed by atoms with Gasteiger partial charge in [-0.2, -0.15) is 0 Å². The number of piperidine rings is 1. The predicted octanol–water partition coefficient (Wildman–Crippen LogP) is 4.92. The molecule has 2 aliphatic carbocycles. The molecule has 0 spiro atoms. The number of aliphatic imine (C=N–C) groups is 1. The van der Waals surface area contributed by atoms with Crippen LogP contribution in [0.25, 0.3) is 39.2 Å². The topological polar surface area (TPSA) is 121 Å². The summed E-state index contributed by atoms with van der Waals surface area (Å²) in [6.07, 6.45) is 7.58. The molecule has 4 aromatic rings. The van der Waals surface area contributed by atoms with E-state index in [2.05, 4.69) is 15.6 Å². The second-order valence-corrected chi connectivity index (χ2v) is 12.9. The monoisotopic (exact) mass is 637 g/mol. The lowest BCUT2D eigenvalue weighted by Crippen LogP contribution is -2.50. The molecule has 10 nitrogen and oxygen atoms in total. The number of halogens is 2. The summed E-state index contributed by atoms with van der Waals surface area (Å²) in [5, 5.41) is 0.910. The molecule has 2 fully saturated rings. The molecule has 3 atom stereocenters. The third-order valence-corrected chi connectivity index (χ3v) is 9.41. The number of hydrogen-bond donors (Lipinski definition) is 1. The van der Waals surface area contributed by atoms with Gasteiger partial charge in [0.2, 0.25) is 0 Å². The number of pyridine rings is 1. The first kappa shape index (κ1) is 29.4. The van der Waals surface area contributed by atoms with E-state index in [1.165, 1.54) is 17.1 Å². The maximum Gasteiger partial charge on any atom is 0.269 e. The minimum Gasteiger partial charge on any atom is -0.494 e. The first-order valence-corrected chi connectivity index (χ1v) is 15.8. The number of aryl methyl sites for hydroxylation is 1. The predicted molar refractivity (Wildman–Crippen MR) is 174 cm³/mol. The number of alkyl halides is 1. The van der Waals surface area contributed by atoms with Crippen molar-refractivity contribution in [1.29, 1.82) is 0 Å². The molecule has 1 saturated carbocycles. The Balaban J connectivity index is 1.21. The number of ether oxygens (including phenoxy) is 1. The van der Waals surface area contributed by atoms with Gasteiger partial charge in [-0.05, 0) is 61.6 Å². The maximum atomic E-state index is 15.1. The van der Waals surface area contributed by atoms with E-state index in [-0.39, 0.29) is 31.1 Å². The van der Waals surface area contributed by atoms with E-state index in [4.69, 9.17) is 20.4 Å². The number of imidazole rings is 1. The van der Waals surface area contributed by atoms with Crippen LogP contribution in [-0.2, 0) is 18.4 Å². The van der Waals surface area contributed by atoms with Gasteiger partial charge in [0.25, 0.3) is 11.8 Å². The van der Waals surface area contributed by atoms with Crippen molar-refractivity contribution in [2.45, 2.75) is 38.0 Å². The van der Waals surface area contributed by atoms with Crippen LogP contribution in [0.3, 0.4) is 0 Å². The number of dihydropyridines is 1. The molecule has 3 aromatic heterocycles. The fourth-order valence-electron chi connectivity index (χ4n) is 6.92. The highest BCUT2D eigenvalue weighted by atomic mass is 19.1. The van der Waals surface area contributed by atoms with Gasteiger partial charge in [0, 0.05) is 54.7 Å². The SMILES string of the molecule is COc1cc(C(=O)N2C[C@H](N)C[C@@H](F)C2)cc2nc(-c3cc4ccc(C5=CC6C=CC(=O)N=C6C(F)=C5)nc4n3CC3CC3)n(C)c12. The molecule has 47 heavy (non-hydrogen) atoms. The zero-order chi connectivity index (χ0) is 32.6. The van der Waals surface area contributed by atoms with Crippen LogP contribution in [0, 0.1) is 11.8 Å². The van der Waals surface area contributed by atoms with Crippen LogP contribution >= 0.6 is 0 Å². The second kappa shape index (κ2) is 11.1. The number of carbonyl (C=O) groups excluding carboxylic acids is 2. The van der Waals surface area contributed by atoms with E-state index in [0.29, 0.717) is 39.8 Å². The largest absolute Gasteiger partial charge is 0.494 e. The summed E-state index contributed by atoms with van der Waals surface area (Å²) in [5.41, 5.74) is 10.6. The summed E-state index contributed by atoms with van der Waals surface area (Å²) < 4.78 is 39.2. The average Bonchev–Trinajstić information content (AvgIpc) is 3.72. The van der Waals surface area contributed by atoms with Gasteiger partial charge in [-0.1, -0.05) is 12.2 Å². The van der Waals surface area contributed by atoms with Crippen molar-refractivity contribution in [2.75, 3.05) is 20.2 Å². The number of rotatable bonds is 6. The third kappa shape index (κ3) is 5.16. The highest BCUT2D eigenvalue weighted by Gasteiger charge is 2.31. The van der Waals surface area contributed by atoms with Gasteiger partial charge < -0.3 is 24.5 Å². The van der Waals surface area contributed by atoms with Crippen molar-refractivity contribution in [3.05, 3.63) is 71.7 Å². The molecular formula is C35H33F2N7O3. The fourth-order valence-corrected chi connectivity index (χ4v) is 6.92. The molecule has 2 aliphatic heterocycles. The Kier molecular flexibility index (Phi) is 6.94. The fraction of sp³-hybridized carbons (Fsp3) is 0.343. The van der Waals surface area contributed by atoms with E-state index in [9.17, 15) is 14.0 Å². The van der Waals surface area contributed by atoms with Gasteiger partial charge >= 0.3 is 0 Å². The van der Waals surface area contributed by atoms with Crippen LogP contribution in [0.1, 0.15) is 35.3 Å². The molecule has 8 rings (SSSR count). The van der Waals surface area contributed by atoms with Crippen LogP contribution in [0.5, 0.6) is 5.75 Å². The molecule has 1 saturated heterocycles.